The third-order valence-corrected chi connectivity index (χ3v) is 3.19. The van der Waals surface area contributed by atoms with Crippen LogP contribution in [0.1, 0.15) is 43.0 Å². The topological polar surface area (TPSA) is 55.9 Å². The summed E-state index contributed by atoms with van der Waals surface area (Å²) in [6.07, 6.45) is 7.27. The summed E-state index contributed by atoms with van der Waals surface area (Å²) in [5, 5.41) is 4.34. The van der Waals surface area contributed by atoms with Crippen molar-refractivity contribution >= 4 is 0 Å². The molecule has 4 nitrogen and oxygen atoms in total. The number of aryl methyl sites for hydroxylation is 2. The number of nitrogens with zero attached hydrogens (tertiary/aromatic N) is 2. The maximum atomic E-state index is 5.60. The summed E-state index contributed by atoms with van der Waals surface area (Å²) >= 11 is 0. The molecule has 4 heteroatoms. The van der Waals surface area contributed by atoms with Crippen LogP contribution in [0.25, 0.3) is 0 Å². The van der Waals surface area contributed by atoms with Crippen molar-refractivity contribution in [3.05, 3.63) is 17.5 Å². The molecular formula is C11H20N4. The molecule has 1 atom stereocenters. The molecule has 1 aliphatic carbocycles. The minimum atomic E-state index is 0.263. The van der Waals surface area contributed by atoms with Gasteiger partial charge < -0.3 is 0 Å². The minimum absolute atomic E-state index is 0.263. The van der Waals surface area contributed by atoms with Crippen LogP contribution >= 0.6 is 0 Å². The van der Waals surface area contributed by atoms with E-state index in [-0.39, 0.29) is 6.04 Å². The van der Waals surface area contributed by atoms with Crippen LogP contribution in [0.15, 0.2) is 6.20 Å². The molecule has 1 saturated carbocycles. The number of hydrogen-bond acceptors (Lipinski definition) is 3. The Morgan fingerprint density at radius 3 is 2.87 bits per heavy atom. The first-order chi connectivity index (χ1) is 7.20. The van der Waals surface area contributed by atoms with Crippen LogP contribution in [0.2, 0.25) is 0 Å². The Kier molecular flexibility index (Phi) is 3.07. The maximum Gasteiger partial charge on any atom is 0.0641 e. The fourth-order valence-electron chi connectivity index (χ4n) is 2.10. The number of nitrogens with one attached hydrogen (secondary N) is 1. The van der Waals surface area contributed by atoms with E-state index in [9.17, 15) is 0 Å². The van der Waals surface area contributed by atoms with Gasteiger partial charge >= 0.3 is 0 Å². The van der Waals surface area contributed by atoms with E-state index in [4.69, 9.17) is 5.84 Å². The van der Waals surface area contributed by atoms with Crippen molar-refractivity contribution in [2.24, 2.45) is 18.8 Å². The molecular weight excluding hydrogens is 188 g/mol. The molecule has 1 fully saturated rings. The monoisotopic (exact) mass is 208 g/mol. The van der Waals surface area contributed by atoms with Gasteiger partial charge in [-0.15, -0.1) is 0 Å². The van der Waals surface area contributed by atoms with Gasteiger partial charge in [0.15, 0.2) is 0 Å². The van der Waals surface area contributed by atoms with E-state index in [1.54, 1.807) is 0 Å². The molecule has 1 aliphatic rings. The third-order valence-electron chi connectivity index (χ3n) is 3.19. The lowest BCUT2D eigenvalue weighted by Gasteiger charge is -2.14. The highest BCUT2D eigenvalue weighted by Gasteiger charge is 2.23. The Bertz CT molecular complexity index is 327. The average molecular weight is 208 g/mol. The highest BCUT2D eigenvalue weighted by atomic mass is 15.3. The van der Waals surface area contributed by atoms with Gasteiger partial charge in [-0.05, 0) is 25.7 Å². The largest absolute Gasteiger partial charge is 0.275 e. The molecule has 0 radical (unpaired) electrons. The lowest BCUT2D eigenvalue weighted by molar-refractivity contribution is 0.480. The van der Waals surface area contributed by atoms with Crippen LogP contribution in [0.5, 0.6) is 0 Å². The van der Waals surface area contributed by atoms with Gasteiger partial charge in [-0.25, -0.2) is 0 Å². The number of rotatable bonds is 5. The first kappa shape index (κ1) is 10.6. The lowest BCUT2D eigenvalue weighted by Crippen LogP contribution is -2.28. The standard InChI is InChI=1S/C11H20N4/c1-8-10(7-15(2)14-8)11(13-12)6-5-9-3-4-9/h7,9,11,13H,3-6,12H2,1-2H3. The third kappa shape index (κ3) is 2.58. The Morgan fingerprint density at radius 2 is 2.40 bits per heavy atom. The number of aromatic nitrogens is 2. The molecule has 84 valence electrons. The lowest BCUT2D eigenvalue weighted by atomic mass is 10.0. The van der Waals surface area contributed by atoms with Crippen molar-refractivity contribution in [1.29, 1.82) is 0 Å². The molecule has 0 saturated heterocycles. The van der Waals surface area contributed by atoms with Crippen molar-refractivity contribution in [3.8, 4) is 0 Å². The molecule has 1 unspecified atom stereocenters. The highest BCUT2D eigenvalue weighted by Crippen LogP contribution is 2.35. The second-order valence-electron chi connectivity index (χ2n) is 4.58. The van der Waals surface area contributed by atoms with Crippen molar-refractivity contribution < 1.29 is 0 Å². The fraction of sp³-hybridized carbons (Fsp3) is 0.727. The predicted octanol–water partition coefficient (Wildman–Crippen LogP) is 1.42. The molecule has 0 bridgehead atoms. The van der Waals surface area contributed by atoms with Gasteiger partial charge in [0.25, 0.3) is 0 Å². The van der Waals surface area contributed by atoms with Gasteiger partial charge in [0.2, 0.25) is 0 Å². The summed E-state index contributed by atoms with van der Waals surface area (Å²) in [4.78, 5) is 0. The summed E-state index contributed by atoms with van der Waals surface area (Å²) < 4.78 is 1.85. The summed E-state index contributed by atoms with van der Waals surface area (Å²) in [7, 11) is 1.95. The summed E-state index contributed by atoms with van der Waals surface area (Å²) in [5.41, 5.74) is 5.22. The predicted molar refractivity (Wildman–Crippen MR) is 60.0 cm³/mol. The average Bonchev–Trinajstić information content (AvgIpc) is 2.95. The zero-order valence-electron chi connectivity index (χ0n) is 9.53. The Labute approximate surface area is 90.8 Å². The van der Waals surface area contributed by atoms with Crippen LogP contribution in [-0.2, 0) is 7.05 Å². The van der Waals surface area contributed by atoms with E-state index >= 15 is 0 Å². The summed E-state index contributed by atoms with van der Waals surface area (Å²) in [6, 6.07) is 0.263. The van der Waals surface area contributed by atoms with Crippen LogP contribution in [-0.4, -0.2) is 9.78 Å². The molecule has 1 aromatic heterocycles. The second-order valence-corrected chi connectivity index (χ2v) is 4.58. The van der Waals surface area contributed by atoms with Crippen LogP contribution in [0, 0.1) is 12.8 Å². The van der Waals surface area contributed by atoms with Gasteiger partial charge in [0.1, 0.15) is 0 Å². The van der Waals surface area contributed by atoms with Gasteiger partial charge in [-0.2, -0.15) is 5.10 Å². The van der Waals surface area contributed by atoms with E-state index in [0.717, 1.165) is 18.0 Å². The molecule has 1 heterocycles. The van der Waals surface area contributed by atoms with E-state index in [2.05, 4.69) is 16.7 Å². The minimum Gasteiger partial charge on any atom is -0.275 e. The molecule has 15 heavy (non-hydrogen) atoms. The Balaban J connectivity index is 2.00. The molecule has 2 rings (SSSR count). The highest BCUT2D eigenvalue weighted by molar-refractivity contribution is 5.19. The fourth-order valence-corrected chi connectivity index (χ4v) is 2.10. The first-order valence-electron chi connectivity index (χ1n) is 5.67. The summed E-state index contributed by atoms with van der Waals surface area (Å²) in [5.74, 6) is 6.56. The van der Waals surface area contributed by atoms with Crippen molar-refractivity contribution in [1.82, 2.24) is 15.2 Å². The second kappa shape index (κ2) is 4.33. The SMILES string of the molecule is Cc1nn(C)cc1C(CCC1CC1)NN. The van der Waals surface area contributed by atoms with Crippen LogP contribution < -0.4 is 11.3 Å². The smallest absolute Gasteiger partial charge is 0.0641 e. The van der Waals surface area contributed by atoms with Crippen molar-refractivity contribution in [2.45, 2.75) is 38.6 Å². The molecule has 1 aromatic rings. The molecule has 0 amide bonds. The Morgan fingerprint density at radius 1 is 1.67 bits per heavy atom. The Hall–Kier alpha value is -0.870. The van der Waals surface area contributed by atoms with Gasteiger partial charge in [-0.3, -0.25) is 16.0 Å². The molecule has 3 N–H and O–H groups in total. The van der Waals surface area contributed by atoms with Gasteiger partial charge in [-0.1, -0.05) is 12.8 Å². The molecule has 0 aromatic carbocycles. The van der Waals surface area contributed by atoms with Crippen LogP contribution in [0.3, 0.4) is 0 Å². The van der Waals surface area contributed by atoms with E-state index in [1.165, 1.54) is 24.8 Å². The van der Waals surface area contributed by atoms with Crippen molar-refractivity contribution in [3.63, 3.8) is 0 Å². The zero-order valence-corrected chi connectivity index (χ0v) is 9.53. The van der Waals surface area contributed by atoms with E-state index < -0.39 is 0 Å². The maximum absolute atomic E-state index is 5.60. The first-order valence-corrected chi connectivity index (χ1v) is 5.67. The number of hydrogen-bond donors (Lipinski definition) is 2. The van der Waals surface area contributed by atoms with Crippen LogP contribution in [0.4, 0.5) is 0 Å². The van der Waals surface area contributed by atoms with E-state index in [0.29, 0.717) is 0 Å². The zero-order chi connectivity index (χ0) is 10.8. The van der Waals surface area contributed by atoms with Gasteiger partial charge in [0.05, 0.1) is 5.69 Å². The van der Waals surface area contributed by atoms with Crippen molar-refractivity contribution in [2.75, 3.05) is 0 Å². The molecule has 0 aliphatic heterocycles. The summed E-state index contributed by atoms with van der Waals surface area (Å²) in [6.45, 7) is 2.04. The van der Waals surface area contributed by atoms with Gasteiger partial charge in [0, 0.05) is 24.8 Å². The number of hydrazine groups is 1. The van der Waals surface area contributed by atoms with E-state index in [1.807, 2.05) is 18.7 Å². The quantitative estimate of drug-likeness (QED) is 0.568. The number of nitrogens with two attached hydrogens (primary N) is 1. The normalized spacial score (nSPS) is 18.1. The molecule has 0 spiro atoms.